The predicted molar refractivity (Wildman–Crippen MR) is 123 cm³/mol. The van der Waals surface area contributed by atoms with Crippen molar-refractivity contribution < 1.29 is 29.1 Å². The first-order chi connectivity index (χ1) is 14.8. The van der Waals surface area contributed by atoms with Gasteiger partial charge >= 0.3 is 5.97 Å². The molecule has 0 radical (unpaired) electrons. The average Bonchev–Trinajstić information content (AvgIpc) is 2.66. The fourth-order valence-electron chi connectivity index (χ4n) is 2.84. The molecule has 184 valence electrons. The van der Waals surface area contributed by atoms with Crippen LogP contribution in [0.5, 0.6) is 0 Å². The van der Waals surface area contributed by atoms with Crippen LogP contribution in [0, 0.1) is 11.8 Å². The van der Waals surface area contributed by atoms with Crippen LogP contribution in [0.15, 0.2) is 0 Å². The van der Waals surface area contributed by atoms with Gasteiger partial charge in [-0.3, -0.25) is 19.2 Å². The zero-order valence-corrected chi connectivity index (χ0v) is 20.2. The molecule has 4 amide bonds. The van der Waals surface area contributed by atoms with Crippen LogP contribution >= 0.6 is 11.8 Å². The zero-order valence-electron chi connectivity index (χ0n) is 19.3. The molecule has 0 aliphatic carbocycles. The molecule has 4 unspecified atom stereocenters. The molecule has 0 aromatic carbocycles. The van der Waals surface area contributed by atoms with E-state index < -0.39 is 53.8 Å². The number of carboxylic acid groups (broad SMARTS) is 1. The first kappa shape index (κ1) is 29.7. The number of hydrogen-bond donors (Lipinski definition) is 6. The molecule has 0 aliphatic rings. The maximum atomic E-state index is 12.9. The fourth-order valence-corrected chi connectivity index (χ4v) is 3.31. The number of rotatable bonds is 15. The number of carboxylic acids is 1. The summed E-state index contributed by atoms with van der Waals surface area (Å²) in [5.41, 5.74) is 10.7. The number of nitrogens with one attached hydrogen (secondary N) is 3. The standard InChI is InChI=1S/C20H37N5O6S/c1-10(2)8-14(20(30)31)24-19(29)16(11(3)4)25-18(28)13(6-7-32-5)23-17(27)12(21)9-15(22)26/h10-14,16H,6-9,21H2,1-5H3,(H2,22,26)(H,23,27)(H,24,29)(H,25,28)(H,30,31). The highest BCUT2D eigenvalue weighted by molar-refractivity contribution is 7.98. The lowest BCUT2D eigenvalue weighted by molar-refractivity contribution is -0.143. The van der Waals surface area contributed by atoms with E-state index in [9.17, 15) is 29.1 Å². The van der Waals surface area contributed by atoms with Gasteiger partial charge < -0.3 is 32.5 Å². The van der Waals surface area contributed by atoms with Crippen LogP contribution in [0.3, 0.4) is 0 Å². The van der Waals surface area contributed by atoms with Crippen LogP contribution < -0.4 is 27.4 Å². The maximum Gasteiger partial charge on any atom is 0.326 e. The van der Waals surface area contributed by atoms with Crippen LogP contribution in [-0.4, -0.2) is 70.9 Å². The van der Waals surface area contributed by atoms with E-state index in [1.807, 2.05) is 20.1 Å². The normalized spacial score (nSPS) is 14.9. The summed E-state index contributed by atoms with van der Waals surface area (Å²) in [6, 6.07) is -4.29. The van der Waals surface area contributed by atoms with Crippen LogP contribution in [0.25, 0.3) is 0 Å². The molecule has 11 nitrogen and oxygen atoms in total. The molecular weight excluding hydrogens is 438 g/mol. The molecule has 0 saturated heterocycles. The topological polar surface area (TPSA) is 194 Å². The van der Waals surface area contributed by atoms with Gasteiger partial charge in [0.2, 0.25) is 23.6 Å². The number of amides is 4. The Morgan fingerprint density at radius 3 is 1.91 bits per heavy atom. The third-order valence-corrected chi connectivity index (χ3v) is 5.21. The van der Waals surface area contributed by atoms with Crippen molar-refractivity contribution in [1.29, 1.82) is 0 Å². The number of nitrogens with two attached hydrogens (primary N) is 2. The maximum absolute atomic E-state index is 12.9. The van der Waals surface area contributed by atoms with Gasteiger partial charge in [-0.25, -0.2) is 4.79 Å². The molecule has 12 heteroatoms. The van der Waals surface area contributed by atoms with E-state index in [2.05, 4.69) is 16.0 Å². The monoisotopic (exact) mass is 475 g/mol. The smallest absolute Gasteiger partial charge is 0.326 e. The number of thioether (sulfide) groups is 1. The Morgan fingerprint density at radius 2 is 1.47 bits per heavy atom. The first-order valence-corrected chi connectivity index (χ1v) is 11.9. The van der Waals surface area contributed by atoms with Crippen molar-refractivity contribution in [3.8, 4) is 0 Å². The van der Waals surface area contributed by atoms with Gasteiger partial charge in [-0.1, -0.05) is 27.7 Å². The molecule has 0 spiro atoms. The molecule has 0 bridgehead atoms. The highest BCUT2D eigenvalue weighted by Gasteiger charge is 2.32. The van der Waals surface area contributed by atoms with Crippen LogP contribution in [-0.2, 0) is 24.0 Å². The van der Waals surface area contributed by atoms with E-state index in [4.69, 9.17) is 11.5 Å². The summed E-state index contributed by atoms with van der Waals surface area (Å²) < 4.78 is 0. The van der Waals surface area contributed by atoms with Crippen molar-refractivity contribution in [1.82, 2.24) is 16.0 Å². The quantitative estimate of drug-likeness (QED) is 0.177. The van der Waals surface area contributed by atoms with E-state index in [-0.39, 0.29) is 31.1 Å². The summed E-state index contributed by atoms with van der Waals surface area (Å²) in [6.07, 6.45) is 1.97. The molecule has 0 fully saturated rings. The van der Waals surface area contributed by atoms with Crippen LogP contribution in [0.2, 0.25) is 0 Å². The summed E-state index contributed by atoms with van der Waals surface area (Å²) in [7, 11) is 0. The first-order valence-electron chi connectivity index (χ1n) is 10.5. The van der Waals surface area contributed by atoms with Gasteiger partial charge in [0.15, 0.2) is 0 Å². The Bertz CT molecular complexity index is 673. The molecule has 0 rings (SSSR count). The van der Waals surface area contributed by atoms with Gasteiger partial charge in [0.25, 0.3) is 0 Å². The molecule has 0 aliphatic heterocycles. The highest BCUT2D eigenvalue weighted by Crippen LogP contribution is 2.09. The predicted octanol–water partition coefficient (Wildman–Crippen LogP) is -0.817. The number of carbonyl (C=O) groups excluding carboxylic acids is 4. The highest BCUT2D eigenvalue weighted by atomic mass is 32.2. The second-order valence-corrected chi connectivity index (χ2v) is 9.36. The SMILES string of the molecule is CSCCC(NC(=O)C(N)CC(N)=O)C(=O)NC(C(=O)NC(CC(C)C)C(=O)O)C(C)C. The third kappa shape index (κ3) is 11.3. The number of carbonyl (C=O) groups is 5. The Labute approximate surface area is 193 Å². The number of hydrogen-bond acceptors (Lipinski definition) is 7. The van der Waals surface area contributed by atoms with Gasteiger partial charge in [-0.2, -0.15) is 11.8 Å². The van der Waals surface area contributed by atoms with Crippen molar-refractivity contribution >= 4 is 41.4 Å². The minimum absolute atomic E-state index is 0.0410. The van der Waals surface area contributed by atoms with Crippen LogP contribution in [0.4, 0.5) is 0 Å². The summed E-state index contributed by atoms with van der Waals surface area (Å²) in [5.74, 6) is -3.61. The van der Waals surface area contributed by atoms with E-state index in [0.29, 0.717) is 5.75 Å². The van der Waals surface area contributed by atoms with Gasteiger partial charge in [0, 0.05) is 0 Å². The Kier molecular flexibility index (Phi) is 13.6. The molecule has 0 aromatic rings. The minimum Gasteiger partial charge on any atom is -0.480 e. The lowest BCUT2D eigenvalue weighted by Gasteiger charge is -2.27. The van der Waals surface area contributed by atoms with Gasteiger partial charge in [0.05, 0.1) is 12.5 Å². The lowest BCUT2D eigenvalue weighted by atomic mass is 10.00. The van der Waals surface area contributed by atoms with Crippen molar-refractivity contribution in [3.63, 3.8) is 0 Å². The third-order valence-electron chi connectivity index (χ3n) is 4.57. The van der Waals surface area contributed by atoms with E-state index in [1.165, 1.54) is 11.8 Å². The fraction of sp³-hybridized carbons (Fsp3) is 0.750. The second kappa shape index (κ2) is 14.7. The molecule has 32 heavy (non-hydrogen) atoms. The van der Waals surface area contributed by atoms with E-state index >= 15 is 0 Å². The summed E-state index contributed by atoms with van der Waals surface area (Å²) in [5, 5.41) is 17.0. The molecule has 0 heterocycles. The minimum atomic E-state index is -1.20. The lowest BCUT2D eigenvalue weighted by Crippen LogP contribution is -2.58. The van der Waals surface area contributed by atoms with Gasteiger partial charge in [-0.05, 0) is 36.7 Å². The molecule has 0 aromatic heterocycles. The molecule has 4 atom stereocenters. The van der Waals surface area contributed by atoms with Crippen molar-refractivity contribution in [3.05, 3.63) is 0 Å². The van der Waals surface area contributed by atoms with Crippen LogP contribution in [0.1, 0.15) is 47.0 Å². The van der Waals surface area contributed by atoms with Crippen molar-refractivity contribution in [2.45, 2.75) is 71.1 Å². The largest absolute Gasteiger partial charge is 0.480 e. The molecular formula is C20H37N5O6S. The van der Waals surface area contributed by atoms with Gasteiger partial charge in [0.1, 0.15) is 18.1 Å². The van der Waals surface area contributed by atoms with E-state index in [1.54, 1.807) is 13.8 Å². The van der Waals surface area contributed by atoms with E-state index in [0.717, 1.165) is 0 Å². The summed E-state index contributed by atoms with van der Waals surface area (Å²) >= 11 is 1.46. The average molecular weight is 476 g/mol. The van der Waals surface area contributed by atoms with Gasteiger partial charge in [-0.15, -0.1) is 0 Å². The second-order valence-electron chi connectivity index (χ2n) is 8.38. The summed E-state index contributed by atoms with van der Waals surface area (Å²) in [6.45, 7) is 7.10. The Morgan fingerprint density at radius 1 is 0.906 bits per heavy atom. The summed E-state index contributed by atoms with van der Waals surface area (Å²) in [4.78, 5) is 60.4. The number of primary amides is 1. The number of aliphatic carboxylic acids is 1. The molecule has 0 saturated carbocycles. The zero-order chi connectivity index (χ0) is 25.0. The Balaban J connectivity index is 5.38. The van der Waals surface area contributed by atoms with Crippen molar-refractivity contribution in [2.24, 2.45) is 23.3 Å². The molecule has 8 N–H and O–H groups in total. The van der Waals surface area contributed by atoms with Crippen molar-refractivity contribution in [2.75, 3.05) is 12.0 Å². The Hall–Kier alpha value is -2.34.